The van der Waals surface area contributed by atoms with E-state index in [-0.39, 0.29) is 23.5 Å². The summed E-state index contributed by atoms with van der Waals surface area (Å²) in [4.78, 5) is 11.9. The summed E-state index contributed by atoms with van der Waals surface area (Å²) in [5.74, 6) is 0.0346. The highest BCUT2D eigenvalue weighted by atomic mass is 16.3. The van der Waals surface area contributed by atoms with E-state index in [0.29, 0.717) is 19.3 Å². The van der Waals surface area contributed by atoms with Crippen LogP contribution in [-0.4, -0.2) is 23.2 Å². The van der Waals surface area contributed by atoms with Gasteiger partial charge >= 0.3 is 0 Å². The van der Waals surface area contributed by atoms with Gasteiger partial charge in [0.1, 0.15) is 0 Å². The van der Waals surface area contributed by atoms with Crippen molar-refractivity contribution in [2.24, 2.45) is 5.41 Å². The summed E-state index contributed by atoms with van der Waals surface area (Å²) < 4.78 is 0. The number of nitrogens with two attached hydrogens (primary N) is 1. The molecule has 0 heterocycles. The zero-order valence-electron chi connectivity index (χ0n) is 11.5. The topological polar surface area (TPSA) is 75.3 Å². The molecule has 4 heteroatoms. The molecule has 2 atom stereocenters. The van der Waals surface area contributed by atoms with E-state index in [1.54, 1.807) is 0 Å². The predicted octanol–water partition coefficient (Wildman–Crippen LogP) is 1.48. The van der Waals surface area contributed by atoms with Crippen LogP contribution in [0.3, 0.4) is 0 Å². The SMILES string of the molecule is CC1(C)C(O)CC1NC(=O)CCc1cccc(N)c1. The standard InChI is InChI=1S/C15H22N2O2/c1-15(2)12(9-13(15)18)17-14(19)7-6-10-4-3-5-11(16)8-10/h3-5,8,12-13,18H,6-7,9,16H2,1-2H3,(H,17,19). The van der Waals surface area contributed by atoms with Crippen LogP contribution in [0.5, 0.6) is 0 Å². The number of aryl methyl sites for hydroxylation is 1. The number of rotatable bonds is 4. The summed E-state index contributed by atoms with van der Waals surface area (Å²) in [7, 11) is 0. The van der Waals surface area contributed by atoms with E-state index in [1.807, 2.05) is 38.1 Å². The van der Waals surface area contributed by atoms with E-state index < -0.39 is 0 Å². The second kappa shape index (κ2) is 5.21. The zero-order chi connectivity index (χ0) is 14.0. The molecule has 0 aliphatic heterocycles. The fourth-order valence-corrected chi connectivity index (χ4v) is 2.42. The number of nitrogens with one attached hydrogen (secondary N) is 1. The number of aliphatic hydroxyl groups excluding tert-OH is 1. The molecule has 1 aromatic carbocycles. The van der Waals surface area contributed by atoms with E-state index >= 15 is 0 Å². The molecule has 4 N–H and O–H groups in total. The number of amides is 1. The van der Waals surface area contributed by atoms with Gasteiger partial charge in [0.15, 0.2) is 0 Å². The van der Waals surface area contributed by atoms with Gasteiger partial charge in [-0.05, 0) is 30.5 Å². The quantitative estimate of drug-likeness (QED) is 0.719. The highest BCUT2D eigenvalue weighted by Gasteiger charge is 2.47. The van der Waals surface area contributed by atoms with Crippen LogP contribution < -0.4 is 11.1 Å². The molecule has 2 unspecified atom stereocenters. The molecular formula is C15H22N2O2. The van der Waals surface area contributed by atoms with Crippen LogP contribution in [0.1, 0.15) is 32.3 Å². The third-order valence-electron chi connectivity index (χ3n) is 4.14. The third-order valence-corrected chi connectivity index (χ3v) is 4.14. The number of aliphatic hydroxyl groups is 1. The number of benzene rings is 1. The molecular weight excluding hydrogens is 240 g/mol. The minimum absolute atomic E-state index is 0.0346. The Morgan fingerprint density at radius 3 is 2.84 bits per heavy atom. The van der Waals surface area contributed by atoms with E-state index in [0.717, 1.165) is 11.3 Å². The van der Waals surface area contributed by atoms with Crippen molar-refractivity contribution in [3.05, 3.63) is 29.8 Å². The Morgan fingerprint density at radius 1 is 1.53 bits per heavy atom. The third kappa shape index (κ3) is 3.07. The molecule has 19 heavy (non-hydrogen) atoms. The van der Waals surface area contributed by atoms with Crippen molar-refractivity contribution < 1.29 is 9.90 Å². The van der Waals surface area contributed by atoms with Gasteiger partial charge < -0.3 is 16.2 Å². The lowest BCUT2D eigenvalue weighted by molar-refractivity contribution is -0.129. The average Bonchev–Trinajstić information content (AvgIpc) is 2.36. The Kier molecular flexibility index (Phi) is 3.80. The lowest BCUT2D eigenvalue weighted by Crippen LogP contribution is -2.61. The normalized spacial score (nSPS) is 24.6. The number of nitrogen functional groups attached to an aromatic ring is 1. The number of carbonyl (C=O) groups is 1. The number of anilines is 1. The van der Waals surface area contributed by atoms with Crippen molar-refractivity contribution in [3.8, 4) is 0 Å². The van der Waals surface area contributed by atoms with Crippen LogP contribution in [-0.2, 0) is 11.2 Å². The number of hydrogen-bond donors (Lipinski definition) is 3. The summed E-state index contributed by atoms with van der Waals surface area (Å²) in [5, 5.41) is 12.6. The van der Waals surface area contributed by atoms with Gasteiger partial charge in [0.2, 0.25) is 5.91 Å². The largest absolute Gasteiger partial charge is 0.399 e. The molecule has 4 nitrogen and oxygen atoms in total. The smallest absolute Gasteiger partial charge is 0.220 e. The first kappa shape index (κ1) is 13.9. The molecule has 1 aliphatic carbocycles. The summed E-state index contributed by atoms with van der Waals surface area (Å²) in [5.41, 5.74) is 7.28. The average molecular weight is 262 g/mol. The van der Waals surface area contributed by atoms with E-state index in [1.165, 1.54) is 0 Å². The second-order valence-electron chi connectivity index (χ2n) is 5.94. The van der Waals surface area contributed by atoms with Crippen LogP contribution in [0.2, 0.25) is 0 Å². The fourth-order valence-electron chi connectivity index (χ4n) is 2.42. The Balaban J connectivity index is 1.80. The zero-order valence-corrected chi connectivity index (χ0v) is 11.5. The molecule has 1 saturated carbocycles. The van der Waals surface area contributed by atoms with Crippen molar-refractivity contribution >= 4 is 11.6 Å². The Bertz CT molecular complexity index is 471. The van der Waals surface area contributed by atoms with Gasteiger partial charge in [-0.3, -0.25) is 4.79 Å². The second-order valence-corrected chi connectivity index (χ2v) is 5.94. The van der Waals surface area contributed by atoms with E-state index in [2.05, 4.69) is 5.32 Å². The molecule has 0 spiro atoms. The van der Waals surface area contributed by atoms with Crippen molar-refractivity contribution in [2.45, 2.75) is 45.3 Å². The summed E-state index contributed by atoms with van der Waals surface area (Å²) in [6.45, 7) is 3.95. The Morgan fingerprint density at radius 2 is 2.26 bits per heavy atom. The summed E-state index contributed by atoms with van der Waals surface area (Å²) in [6.07, 6.45) is 1.47. The fraction of sp³-hybridized carbons (Fsp3) is 0.533. The van der Waals surface area contributed by atoms with Gasteiger partial charge in [0, 0.05) is 23.6 Å². The van der Waals surface area contributed by atoms with Gasteiger partial charge in [0.05, 0.1) is 6.10 Å². The predicted molar refractivity (Wildman–Crippen MR) is 75.5 cm³/mol. The van der Waals surface area contributed by atoms with Crippen LogP contribution in [0.15, 0.2) is 24.3 Å². The molecule has 0 bridgehead atoms. The van der Waals surface area contributed by atoms with Crippen LogP contribution in [0.25, 0.3) is 0 Å². The van der Waals surface area contributed by atoms with Crippen LogP contribution >= 0.6 is 0 Å². The van der Waals surface area contributed by atoms with Gasteiger partial charge in [0.25, 0.3) is 0 Å². The molecule has 1 amide bonds. The Labute approximate surface area is 114 Å². The first-order valence-electron chi connectivity index (χ1n) is 6.71. The van der Waals surface area contributed by atoms with Crippen molar-refractivity contribution in [2.75, 3.05) is 5.73 Å². The molecule has 0 radical (unpaired) electrons. The molecule has 1 aliphatic rings. The lowest BCUT2D eigenvalue weighted by Gasteiger charge is -2.49. The Hall–Kier alpha value is -1.55. The molecule has 0 saturated heterocycles. The molecule has 1 aromatic rings. The molecule has 0 aromatic heterocycles. The van der Waals surface area contributed by atoms with Crippen LogP contribution in [0.4, 0.5) is 5.69 Å². The highest BCUT2D eigenvalue weighted by molar-refractivity contribution is 5.76. The van der Waals surface area contributed by atoms with Gasteiger partial charge in [-0.1, -0.05) is 26.0 Å². The highest BCUT2D eigenvalue weighted by Crippen LogP contribution is 2.40. The maximum absolute atomic E-state index is 11.9. The van der Waals surface area contributed by atoms with Gasteiger partial charge in [-0.15, -0.1) is 0 Å². The first-order chi connectivity index (χ1) is 8.89. The molecule has 104 valence electrons. The van der Waals surface area contributed by atoms with Gasteiger partial charge in [-0.25, -0.2) is 0 Å². The van der Waals surface area contributed by atoms with Crippen molar-refractivity contribution in [1.82, 2.24) is 5.32 Å². The van der Waals surface area contributed by atoms with E-state index in [4.69, 9.17) is 5.73 Å². The first-order valence-corrected chi connectivity index (χ1v) is 6.71. The van der Waals surface area contributed by atoms with Crippen LogP contribution in [0, 0.1) is 5.41 Å². The minimum Gasteiger partial charge on any atom is -0.399 e. The number of carbonyl (C=O) groups excluding carboxylic acids is 1. The monoisotopic (exact) mass is 262 g/mol. The summed E-state index contributed by atoms with van der Waals surface area (Å²) >= 11 is 0. The lowest BCUT2D eigenvalue weighted by atomic mass is 9.64. The molecule has 2 rings (SSSR count). The van der Waals surface area contributed by atoms with Crippen molar-refractivity contribution in [1.29, 1.82) is 0 Å². The van der Waals surface area contributed by atoms with E-state index in [9.17, 15) is 9.90 Å². The molecule has 1 fully saturated rings. The van der Waals surface area contributed by atoms with Crippen molar-refractivity contribution in [3.63, 3.8) is 0 Å². The summed E-state index contributed by atoms with van der Waals surface area (Å²) in [6, 6.07) is 7.68. The maximum Gasteiger partial charge on any atom is 0.220 e. The number of hydrogen-bond acceptors (Lipinski definition) is 3. The maximum atomic E-state index is 11.9. The minimum atomic E-state index is -0.313. The van der Waals surface area contributed by atoms with Gasteiger partial charge in [-0.2, -0.15) is 0 Å².